The largest absolute Gasteiger partial charge is 0.443 e. The third-order valence-electron chi connectivity index (χ3n) is 4.02. The number of fused-ring (bicyclic) bond motifs is 1. The van der Waals surface area contributed by atoms with Crippen LogP contribution in [-0.4, -0.2) is 82.8 Å². The zero-order valence-electron chi connectivity index (χ0n) is 18.5. The molecular formula is C11H30BN9O11P3. The van der Waals surface area contributed by atoms with Crippen molar-refractivity contribution in [2.24, 2.45) is 0 Å². The maximum atomic E-state index is 12.1. The van der Waals surface area contributed by atoms with Gasteiger partial charge in [-0.3, -0.25) is 18.0 Å². The second-order valence-electron chi connectivity index (χ2n) is 6.49. The Morgan fingerprint density at radius 3 is 2.26 bits per heavy atom. The van der Waals surface area contributed by atoms with E-state index < -0.39 is 59.7 Å². The van der Waals surface area contributed by atoms with E-state index in [1.807, 2.05) is 0 Å². The number of quaternary nitrogens is 1. The molecule has 2 unspecified atom stereocenters. The summed E-state index contributed by atoms with van der Waals surface area (Å²) in [4.78, 5) is 38.7. The highest BCUT2D eigenvalue weighted by Crippen LogP contribution is 2.64. The van der Waals surface area contributed by atoms with Crippen LogP contribution < -0.4 is 30.3 Å². The van der Waals surface area contributed by atoms with Crippen LogP contribution >= 0.6 is 22.7 Å². The quantitative estimate of drug-likeness (QED) is 0.142. The third kappa shape index (κ3) is 8.61. The van der Waals surface area contributed by atoms with Gasteiger partial charge in [0.2, 0.25) is 0 Å². The molecule has 20 N–H and O–H groups in total. The number of imidazole rings is 1. The molecule has 1 aliphatic heterocycles. The van der Waals surface area contributed by atoms with E-state index in [9.17, 15) is 28.8 Å². The Kier molecular flexibility index (Phi) is 13.0. The molecule has 3 heterocycles. The van der Waals surface area contributed by atoms with E-state index in [2.05, 4.69) is 19.3 Å². The van der Waals surface area contributed by atoms with Crippen molar-refractivity contribution in [3.05, 3.63) is 12.7 Å². The number of nitrogens with two attached hydrogens (primary N) is 1. The smallest absolute Gasteiger partial charge is 0.344 e. The topological polar surface area (TPSA) is 391 Å². The van der Waals surface area contributed by atoms with Crippen LogP contribution in [0.4, 0.5) is 5.82 Å². The lowest BCUT2D eigenvalue weighted by molar-refractivity contribution is -0.0478. The maximum absolute atomic E-state index is 12.1. The van der Waals surface area contributed by atoms with Crippen molar-refractivity contribution in [1.82, 2.24) is 44.1 Å². The summed E-state index contributed by atoms with van der Waals surface area (Å²) in [6.07, 6.45) is -3.28. The van der Waals surface area contributed by atoms with E-state index in [4.69, 9.17) is 32.3 Å². The standard InChI is InChI=1S/C11H17BN5O11P3.4H3N/c12-31(25,28-30(23,24)4-29(20,21)22)26-1-5-7(18)8(19)11(27-5)17-3-16-6-9(13)14-2-15-10(6)17;;;;/h2-3,5,7-8,11,18-19H,1,4H2,(H,23,24)(H2,13,14,15)(H2,20,21,22);4*1H3/q-1;;;;/p+1/t5-,7-,8-,11-,31?;;;;/m1..../s1. The van der Waals surface area contributed by atoms with Gasteiger partial charge in [-0.15, -0.1) is 0 Å². The third-order valence-corrected chi connectivity index (χ3v) is 9.37. The number of rotatable bonds is 8. The zero-order valence-corrected chi connectivity index (χ0v) is 21.2. The Hall–Kier alpha value is -1.38. The van der Waals surface area contributed by atoms with E-state index in [1.165, 1.54) is 10.9 Å². The molecule has 3 radical (unpaired) electrons. The summed E-state index contributed by atoms with van der Waals surface area (Å²) in [5, 5.41) is 20.5. The summed E-state index contributed by atoms with van der Waals surface area (Å²) in [5.74, 6) is -1.56. The highest BCUT2D eigenvalue weighted by atomic mass is 31.3. The molecule has 2 aromatic heterocycles. The number of hydrogen-bond acceptors (Lipinski definition) is 15. The molecular weight excluding hydrogens is 538 g/mol. The van der Waals surface area contributed by atoms with Gasteiger partial charge in [-0.2, -0.15) is 0 Å². The number of nitrogen functional groups attached to an aromatic ring is 1. The molecule has 1 fully saturated rings. The van der Waals surface area contributed by atoms with Gasteiger partial charge in [0, 0.05) is 0 Å². The highest BCUT2D eigenvalue weighted by molar-refractivity contribution is 7.85. The van der Waals surface area contributed by atoms with Crippen LogP contribution in [0.15, 0.2) is 12.7 Å². The fourth-order valence-electron chi connectivity index (χ4n) is 2.79. The van der Waals surface area contributed by atoms with Crippen LogP contribution in [0, 0.1) is 0 Å². The molecule has 6 atom stereocenters. The summed E-state index contributed by atoms with van der Waals surface area (Å²) in [6.45, 7) is -0.776. The Morgan fingerprint density at radius 2 is 1.69 bits per heavy atom. The summed E-state index contributed by atoms with van der Waals surface area (Å²) in [6, 6.07) is 0. The molecule has 0 bridgehead atoms. The monoisotopic (exact) mass is 568 g/mol. The first-order valence-electron chi connectivity index (χ1n) is 8.24. The first-order valence-corrected chi connectivity index (χ1v) is 13.4. The second kappa shape index (κ2) is 12.7. The van der Waals surface area contributed by atoms with Gasteiger partial charge in [0.1, 0.15) is 30.2 Å². The molecule has 20 nitrogen and oxygen atoms in total. The molecule has 0 aromatic carbocycles. The summed E-state index contributed by atoms with van der Waals surface area (Å²) in [7, 11) is -9.69. The van der Waals surface area contributed by atoms with Crippen LogP contribution in [0.5, 0.6) is 0 Å². The minimum absolute atomic E-state index is 0. The highest BCUT2D eigenvalue weighted by Gasteiger charge is 2.45. The fraction of sp³-hybridized carbons (Fsp3) is 0.545. The average Bonchev–Trinajstić information content (AvgIpc) is 3.13. The number of aromatic nitrogens is 4. The van der Waals surface area contributed by atoms with Crippen LogP contribution in [0.3, 0.4) is 0 Å². The van der Waals surface area contributed by atoms with Crippen molar-refractivity contribution in [1.29, 1.82) is 0 Å². The second-order valence-corrected chi connectivity index (χ2v) is 12.2. The molecule has 1 aliphatic rings. The van der Waals surface area contributed by atoms with Gasteiger partial charge in [-0.1, -0.05) is 0 Å². The van der Waals surface area contributed by atoms with E-state index in [1.54, 1.807) is 0 Å². The number of hydrogen-bond donors (Lipinski definition) is 10. The van der Waals surface area contributed by atoms with Crippen LogP contribution in [-0.2, 0) is 27.3 Å². The molecule has 0 amide bonds. The van der Waals surface area contributed by atoms with Crippen molar-refractivity contribution in [3.63, 3.8) is 0 Å². The summed E-state index contributed by atoms with van der Waals surface area (Å²) in [5.41, 5.74) is 6.10. The van der Waals surface area contributed by atoms with Gasteiger partial charge >= 0.3 is 15.2 Å². The maximum Gasteiger partial charge on any atom is 0.344 e. The molecule has 0 spiro atoms. The molecule has 203 valence electrons. The van der Waals surface area contributed by atoms with Gasteiger partial charge < -0.3 is 76.6 Å². The summed E-state index contributed by atoms with van der Waals surface area (Å²) >= 11 is 0. The molecule has 1 saturated heterocycles. The predicted molar refractivity (Wildman–Crippen MR) is 124 cm³/mol. The van der Waals surface area contributed by atoms with E-state index in [0.717, 1.165) is 6.33 Å². The number of nitrogens with zero attached hydrogens (tertiary/aromatic N) is 4. The number of anilines is 1. The van der Waals surface area contributed by atoms with Crippen LogP contribution in [0.25, 0.3) is 11.2 Å². The van der Waals surface area contributed by atoms with Crippen molar-refractivity contribution in [2.75, 3.05) is 18.2 Å². The molecule has 2 aromatic rings. The molecule has 3 rings (SSSR count). The van der Waals surface area contributed by atoms with Crippen molar-refractivity contribution in [3.8, 4) is 0 Å². The van der Waals surface area contributed by atoms with Crippen molar-refractivity contribution < 1.29 is 52.2 Å². The zero-order chi connectivity index (χ0) is 23.2. The Balaban J connectivity index is 0. The van der Waals surface area contributed by atoms with Gasteiger partial charge in [-0.25, -0.2) is 15.0 Å². The lowest BCUT2D eigenvalue weighted by Gasteiger charge is -2.30. The first kappa shape index (κ1) is 35.8. The average molecular weight is 568 g/mol. The Morgan fingerprint density at radius 1 is 1.09 bits per heavy atom. The number of ether oxygens (including phenoxy) is 1. The molecule has 0 saturated carbocycles. The molecule has 35 heavy (non-hydrogen) atoms. The lowest BCUT2D eigenvalue weighted by Crippen LogP contribution is -2.33. The normalized spacial score (nSPS) is 25.2. The molecule has 24 heteroatoms. The van der Waals surface area contributed by atoms with Gasteiger partial charge in [0.15, 0.2) is 23.6 Å². The molecule has 0 aliphatic carbocycles. The SMILES string of the molecule is N.N.N.[B-]P(=O)(OC[C@H]1O[C@@H](n2cnc3c(N)ncnc32)[C@H](O)[C@@H]1O)OP(=O)(O)CP(=O)(O)O.[NH4+]. The lowest BCUT2D eigenvalue weighted by atomic mass is 10.1. The van der Waals surface area contributed by atoms with E-state index in [-0.39, 0.29) is 41.6 Å². The van der Waals surface area contributed by atoms with Crippen molar-refractivity contribution >= 4 is 47.2 Å². The van der Waals surface area contributed by atoms with Crippen molar-refractivity contribution in [2.45, 2.75) is 24.5 Å². The van der Waals surface area contributed by atoms with Gasteiger partial charge in [0.05, 0.1) is 20.4 Å². The number of aliphatic hydroxyl groups excluding tert-OH is 2. The van der Waals surface area contributed by atoms with Gasteiger partial charge in [-0.05, 0) is 0 Å². The number of aliphatic hydroxyl groups is 2. The minimum atomic E-state index is -5.08. The van der Waals surface area contributed by atoms with Crippen LogP contribution in [0.1, 0.15) is 6.23 Å². The van der Waals surface area contributed by atoms with Crippen LogP contribution in [0.2, 0.25) is 0 Å². The summed E-state index contributed by atoms with van der Waals surface area (Å²) < 4.78 is 50.3. The minimum Gasteiger partial charge on any atom is -0.443 e. The first-order chi connectivity index (χ1) is 14.2. The van der Waals surface area contributed by atoms with E-state index >= 15 is 0 Å². The van der Waals surface area contributed by atoms with E-state index in [0.29, 0.717) is 0 Å². The Bertz CT molecular complexity index is 1120. The predicted octanol–water partition coefficient (Wildman–Crippen LogP) is -0.480. The van der Waals surface area contributed by atoms with Gasteiger partial charge in [0.25, 0.3) is 0 Å². The Labute approximate surface area is 199 Å². The fourth-order valence-corrected chi connectivity index (χ4v) is 7.29.